The highest BCUT2D eigenvalue weighted by atomic mass is 16.6. The van der Waals surface area contributed by atoms with Crippen LogP contribution in [0.3, 0.4) is 0 Å². The van der Waals surface area contributed by atoms with E-state index in [1.165, 1.54) is 12.8 Å². The van der Waals surface area contributed by atoms with E-state index >= 15 is 0 Å². The molecule has 3 aromatic rings. The summed E-state index contributed by atoms with van der Waals surface area (Å²) in [5, 5.41) is 17.8. The molecule has 0 spiro atoms. The van der Waals surface area contributed by atoms with E-state index in [0.717, 1.165) is 47.3 Å². The molecular formula is C27H28N6O3. The lowest BCUT2D eigenvalue weighted by atomic mass is 9.94. The third-order valence-corrected chi connectivity index (χ3v) is 7.00. The van der Waals surface area contributed by atoms with Gasteiger partial charge in [-0.05, 0) is 55.4 Å². The topological polar surface area (TPSA) is 115 Å². The second-order valence-corrected chi connectivity index (χ2v) is 9.71. The number of rotatable bonds is 6. The minimum absolute atomic E-state index is 0.0298. The van der Waals surface area contributed by atoms with Gasteiger partial charge in [0.05, 0.1) is 67.8 Å². The molecule has 0 unspecified atom stereocenters. The Morgan fingerprint density at radius 1 is 1.17 bits per heavy atom. The molecule has 1 aliphatic heterocycles. The third kappa shape index (κ3) is 4.74. The Balaban J connectivity index is 1.22. The molecule has 1 aromatic carbocycles. The smallest absolute Gasteiger partial charge is 0.251 e. The first-order valence-corrected chi connectivity index (χ1v) is 12.6. The molecule has 36 heavy (non-hydrogen) atoms. The number of benzene rings is 1. The van der Waals surface area contributed by atoms with Crippen molar-refractivity contribution in [2.75, 3.05) is 19.8 Å². The minimum atomic E-state index is -0.230. The molecule has 3 aliphatic rings. The highest BCUT2D eigenvalue weighted by Gasteiger charge is 2.26. The number of nitrogens with one attached hydrogen (secondary N) is 1. The normalized spacial score (nSPS) is 19.0. The van der Waals surface area contributed by atoms with Gasteiger partial charge in [0.15, 0.2) is 0 Å². The fraction of sp³-hybridized carbons (Fsp3) is 0.444. The number of fused-ring (bicyclic) bond motifs is 3. The molecule has 9 nitrogen and oxygen atoms in total. The highest BCUT2D eigenvalue weighted by Crippen LogP contribution is 2.38. The van der Waals surface area contributed by atoms with Gasteiger partial charge in [-0.1, -0.05) is 0 Å². The molecular weight excluding hydrogens is 456 g/mol. The summed E-state index contributed by atoms with van der Waals surface area (Å²) in [6, 6.07) is 5.88. The number of hydrogen-bond donors (Lipinski definition) is 1. The van der Waals surface area contributed by atoms with Crippen LogP contribution in [0.25, 0.3) is 11.3 Å². The van der Waals surface area contributed by atoms with Crippen LogP contribution in [-0.2, 0) is 35.4 Å². The van der Waals surface area contributed by atoms with Crippen LogP contribution in [0.1, 0.15) is 63.6 Å². The predicted molar refractivity (Wildman–Crippen MR) is 130 cm³/mol. The molecule has 3 heterocycles. The number of nitrogens with zero attached hydrogens (tertiary/aromatic N) is 5. The summed E-state index contributed by atoms with van der Waals surface area (Å²) in [6.07, 6.45) is 10.5. The molecule has 1 saturated heterocycles. The molecule has 0 radical (unpaired) electrons. The van der Waals surface area contributed by atoms with Gasteiger partial charge < -0.3 is 14.8 Å². The lowest BCUT2D eigenvalue weighted by molar-refractivity contribution is -0.0946. The van der Waals surface area contributed by atoms with Crippen molar-refractivity contribution in [3.63, 3.8) is 0 Å². The summed E-state index contributed by atoms with van der Waals surface area (Å²) >= 11 is 0. The molecule has 2 aromatic heterocycles. The van der Waals surface area contributed by atoms with Crippen molar-refractivity contribution in [1.29, 1.82) is 5.26 Å². The Morgan fingerprint density at radius 3 is 2.81 bits per heavy atom. The van der Waals surface area contributed by atoms with Gasteiger partial charge in [-0.3, -0.25) is 19.4 Å². The molecule has 0 bridgehead atoms. The fourth-order valence-corrected chi connectivity index (χ4v) is 4.99. The van der Waals surface area contributed by atoms with Gasteiger partial charge in [0.25, 0.3) is 5.91 Å². The molecule has 2 fully saturated rings. The molecule has 9 heteroatoms. The standard InChI is InChI=1S/C27H28N6O3/c28-10-21-9-20(27(34)31-12-22-11-30-24(13-29-22)17-4-5-17)8-18-2-1-3-19-14-33(32-26(19)25(18)21)15-23-16-35-6-7-36-23/h8-9,11,13-14,17,23H,1-7,12,15-16H2,(H,31,34)/t23-/m0/s1. The van der Waals surface area contributed by atoms with E-state index in [4.69, 9.17) is 14.6 Å². The molecule has 1 N–H and O–H groups in total. The quantitative estimate of drug-likeness (QED) is 0.572. The van der Waals surface area contributed by atoms with E-state index in [9.17, 15) is 10.1 Å². The van der Waals surface area contributed by atoms with Gasteiger partial charge in [0, 0.05) is 29.4 Å². The van der Waals surface area contributed by atoms with Gasteiger partial charge in [-0.15, -0.1) is 0 Å². The number of carbonyl (C=O) groups excluding carboxylic acids is 1. The monoisotopic (exact) mass is 484 g/mol. The van der Waals surface area contributed by atoms with Gasteiger partial charge >= 0.3 is 0 Å². The number of amides is 1. The van der Waals surface area contributed by atoms with E-state index in [2.05, 4.69) is 27.6 Å². The summed E-state index contributed by atoms with van der Waals surface area (Å²) < 4.78 is 13.2. The average Bonchev–Trinajstić information content (AvgIpc) is 3.71. The predicted octanol–water partition coefficient (Wildman–Crippen LogP) is 2.92. The molecule has 1 amide bonds. The van der Waals surface area contributed by atoms with Crippen LogP contribution in [0.4, 0.5) is 0 Å². The molecule has 1 atom stereocenters. The Bertz CT molecular complexity index is 1320. The summed E-state index contributed by atoms with van der Waals surface area (Å²) in [7, 11) is 0. The van der Waals surface area contributed by atoms with Crippen molar-refractivity contribution in [1.82, 2.24) is 25.1 Å². The van der Waals surface area contributed by atoms with E-state index < -0.39 is 0 Å². The largest absolute Gasteiger partial charge is 0.376 e. The lowest BCUT2D eigenvalue weighted by Crippen LogP contribution is -2.32. The number of ether oxygens (including phenoxy) is 2. The Kier molecular flexibility index (Phi) is 6.21. The summed E-state index contributed by atoms with van der Waals surface area (Å²) in [4.78, 5) is 21.9. The number of nitriles is 1. The first-order valence-electron chi connectivity index (χ1n) is 12.6. The van der Waals surface area contributed by atoms with E-state index in [1.54, 1.807) is 18.5 Å². The van der Waals surface area contributed by atoms with Gasteiger partial charge in [0.2, 0.25) is 0 Å². The molecule has 6 rings (SSSR count). The zero-order valence-electron chi connectivity index (χ0n) is 20.1. The van der Waals surface area contributed by atoms with Crippen LogP contribution in [-0.4, -0.2) is 51.6 Å². The van der Waals surface area contributed by atoms with Crippen molar-refractivity contribution in [3.05, 3.63) is 64.4 Å². The number of carbonyl (C=O) groups is 1. The summed E-state index contributed by atoms with van der Waals surface area (Å²) in [5.41, 5.74) is 6.44. The summed E-state index contributed by atoms with van der Waals surface area (Å²) in [6.45, 7) is 2.67. The van der Waals surface area contributed by atoms with E-state index in [0.29, 0.717) is 49.1 Å². The van der Waals surface area contributed by atoms with E-state index in [-0.39, 0.29) is 18.6 Å². The van der Waals surface area contributed by atoms with Crippen molar-refractivity contribution < 1.29 is 14.3 Å². The molecule has 184 valence electrons. The Hall–Kier alpha value is -3.61. The van der Waals surface area contributed by atoms with E-state index in [1.807, 2.05) is 10.7 Å². The zero-order valence-corrected chi connectivity index (χ0v) is 20.1. The first kappa shape index (κ1) is 22.8. The Morgan fingerprint density at radius 2 is 2.06 bits per heavy atom. The zero-order chi connectivity index (χ0) is 24.5. The molecule has 1 saturated carbocycles. The van der Waals surface area contributed by atoms with Crippen LogP contribution in [0, 0.1) is 11.3 Å². The van der Waals surface area contributed by atoms with Crippen LogP contribution in [0.15, 0.2) is 30.7 Å². The second kappa shape index (κ2) is 9.80. The maximum atomic E-state index is 13.0. The first-order chi connectivity index (χ1) is 17.7. The number of aromatic nitrogens is 4. The fourth-order valence-electron chi connectivity index (χ4n) is 4.99. The van der Waals surface area contributed by atoms with Crippen LogP contribution >= 0.6 is 0 Å². The SMILES string of the molecule is N#Cc1cc(C(=O)NCc2cnc(C3CC3)cn2)cc2c1-c1nn(C[C@H]3COCCO3)cc1CCC2. The highest BCUT2D eigenvalue weighted by molar-refractivity contribution is 5.96. The van der Waals surface area contributed by atoms with Crippen LogP contribution in [0.2, 0.25) is 0 Å². The summed E-state index contributed by atoms with van der Waals surface area (Å²) in [5.74, 6) is 0.318. The lowest BCUT2D eigenvalue weighted by Gasteiger charge is -2.22. The third-order valence-electron chi connectivity index (χ3n) is 7.00. The van der Waals surface area contributed by atoms with Gasteiger partial charge in [-0.2, -0.15) is 10.4 Å². The van der Waals surface area contributed by atoms with Gasteiger partial charge in [0.1, 0.15) is 6.10 Å². The van der Waals surface area contributed by atoms with Crippen molar-refractivity contribution >= 4 is 5.91 Å². The van der Waals surface area contributed by atoms with Crippen molar-refractivity contribution in [3.8, 4) is 17.3 Å². The maximum absolute atomic E-state index is 13.0. The number of hydrogen-bond acceptors (Lipinski definition) is 7. The minimum Gasteiger partial charge on any atom is -0.376 e. The maximum Gasteiger partial charge on any atom is 0.251 e. The molecule has 2 aliphatic carbocycles. The van der Waals surface area contributed by atoms with Crippen LogP contribution < -0.4 is 5.32 Å². The van der Waals surface area contributed by atoms with Crippen molar-refractivity contribution in [2.24, 2.45) is 0 Å². The Labute approximate surface area is 209 Å². The van der Waals surface area contributed by atoms with Crippen LogP contribution in [0.5, 0.6) is 0 Å². The average molecular weight is 485 g/mol. The van der Waals surface area contributed by atoms with Gasteiger partial charge in [-0.25, -0.2) is 0 Å². The second-order valence-electron chi connectivity index (χ2n) is 9.71. The number of aryl methyl sites for hydroxylation is 2. The van der Waals surface area contributed by atoms with Crippen molar-refractivity contribution in [2.45, 2.75) is 57.2 Å².